The molecule has 2 N–H and O–H groups in total. The van der Waals surface area contributed by atoms with E-state index in [-0.39, 0.29) is 11.7 Å². The summed E-state index contributed by atoms with van der Waals surface area (Å²) in [4.78, 5) is 8.44. The second-order valence-electron chi connectivity index (χ2n) is 9.31. The second-order valence-corrected chi connectivity index (χ2v) is 10.4. The molecular weight excluding hydrogens is 487 g/mol. The average molecular weight is 516 g/mol. The lowest BCUT2D eigenvalue weighted by molar-refractivity contribution is 0.318. The minimum Gasteiger partial charge on any atom is -0.397 e. The van der Waals surface area contributed by atoms with Crippen molar-refractivity contribution in [2.45, 2.75) is 24.0 Å². The third kappa shape index (κ3) is 4.81. The summed E-state index contributed by atoms with van der Waals surface area (Å²) in [6.45, 7) is 6.83. The molecule has 0 saturated carbocycles. The molecule has 4 heterocycles. The Balaban J connectivity index is 1.13. The lowest BCUT2D eigenvalue weighted by Crippen LogP contribution is -2.36. The van der Waals surface area contributed by atoms with Gasteiger partial charge in [-0.15, -0.1) is 10.2 Å². The van der Waals surface area contributed by atoms with Gasteiger partial charge in [0, 0.05) is 62.4 Å². The number of benzene rings is 1. The number of halogens is 3. The summed E-state index contributed by atoms with van der Waals surface area (Å²) >= 11 is 1.64. The maximum absolute atomic E-state index is 14.4. The van der Waals surface area contributed by atoms with E-state index in [2.05, 4.69) is 26.7 Å². The number of anilines is 1. The van der Waals surface area contributed by atoms with Crippen LogP contribution in [0.4, 0.5) is 18.9 Å². The number of rotatable bonds is 8. The predicted octanol–water partition coefficient (Wildman–Crippen LogP) is 3.92. The molecular formula is C25H28F3N7S. The summed E-state index contributed by atoms with van der Waals surface area (Å²) in [5.41, 5.74) is 7.49. The lowest BCUT2D eigenvalue weighted by atomic mass is 10.0. The first kappa shape index (κ1) is 24.6. The zero-order valence-electron chi connectivity index (χ0n) is 20.0. The lowest BCUT2D eigenvalue weighted by Gasteiger charge is -2.27. The number of aromatic nitrogens is 4. The van der Waals surface area contributed by atoms with Gasteiger partial charge in [-0.2, -0.15) is 0 Å². The number of pyridine rings is 1. The highest BCUT2D eigenvalue weighted by molar-refractivity contribution is 7.99. The van der Waals surface area contributed by atoms with Crippen molar-refractivity contribution < 1.29 is 13.2 Å². The summed E-state index contributed by atoms with van der Waals surface area (Å²) < 4.78 is 44.0. The summed E-state index contributed by atoms with van der Waals surface area (Å²) in [6, 6.07) is 5.28. The Hall–Kier alpha value is -3.05. The van der Waals surface area contributed by atoms with Gasteiger partial charge in [0.2, 0.25) is 0 Å². The van der Waals surface area contributed by atoms with Crippen LogP contribution in [0.15, 0.2) is 42.2 Å². The molecule has 2 aliphatic rings. The number of hydrogen-bond donors (Lipinski definition) is 1. The fraction of sp³-hybridized carbons (Fsp3) is 0.400. The normalized spacial score (nSPS) is 19.7. The van der Waals surface area contributed by atoms with Crippen molar-refractivity contribution in [2.75, 3.05) is 36.8 Å². The Morgan fingerprint density at radius 1 is 1.17 bits per heavy atom. The largest absolute Gasteiger partial charge is 0.397 e. The van der Waals surface area contributed by atoms with Crippen LogP contribution in [0.2, 0.25) is 0 Å². The molecule has 0 unspecified atom stereocenters. The zero-order valence-corrected chi connectivity index (χ0v) is 20.8. The molecule has 3 aromatic rings. The molecule has 2 atom stereocenters. The Morgan fingerprint density at radius 2 is 1.94 bits per heavy atom. The molecule has 36 heavy (non-hydrogen) atoms. The summed E-state index contributed by atoms with van der Waals surface area (Å²) in [5.74, 6) is -0.596. The molecule has 0 spiro atoms. The molecule has 190 valence electrons. The monoisotopic (exact) mass is 515 g/mol. The number of hydrogen-bond acceptors (Lipinski definition) is 7. The predicted molar refractivity (Wildman–Crippen MR) is 135 cm³/mol. The smallest absolute Gasteiger partial charge is 0.191 e. The van der Waals surface area contributed by atoms with Crippen molar-refractivity contribution in [3.8, 4) is 11.4 Å². The molecule has 2 aliphatic heterocycles. The first-order valence-corrected chi connectivity index (χ1v) is 12.9. The van der Waals surface area contributed by atoms with Crippen LogP contribution in [0.25, 0.3) is 17.1 Å². The van der Waals surface area contributed by atoms with Crippen molar-refractivity contribution in [1.29, 1.82) is 0 Å². The van der Waals surface area contributed by atoms with Crippen molar-refractivity contribution >= 4 is 23.1 Å². The number of thioether (sulfide) groups is 1. The first-order valence-electron chi connectivity index (χ1n) is 11.9. The van der Waals surface area contributed by atoms with Crippen LogP contribution in [0, 0.1) is 23.4 Å². The molecule has 2 fully saturated rings. The summed E-state index contributed by atoms with van der Waals surface area (Å²) in [6.07, 6.45) is 3.53. The highest BCUT2D eigenvalue weighted by Crippen LogP contribution is 2.38. The van der Waals surface area contributed by atoms with E-state index in [4.69, 9.17) is 5.73 Å². The SMILES string of the molecule is C=C(N)c1ccc(-c2nnc(SCCCN3C[C@@H]4CCN(c5c(F)cc(F)cc5F)[C@@H]4C3)n2C)cn1. The topological polar surface area (TPSA) is 76.1 Å². The molecule has 1 aromatic carbocycles. The quantitative estimate of drug-likeness (QED) is 0.360. The Bertz CT molecular complexity index is 1240. The van der Waals surface area contributed by atoms with E-state index in [1.807, 2.05) is 23.7 Å². The van der Waals surface area contributed by atoms with E-state index >= 15 is 0 Å². The van der Waals surface area contributed by atoms with Crippen molar-refractivity contribution in [1.82, 2.24) is 24.6 Å². The van der Waals surface area contributed by atoms with Gasteiger partial charge in [-0.1, -0.05) is 18.3 Å². The van der Waals surface area contributed by atoms with Crippen LogP contribution in [0.5, 0.6) is 0 Å². The van der Waals surface area contributed by atoms with Gasteiger partial charge < -0.3 is 20.1 Å². The average Bonchev–Trinajstić information content (AvgIpc) is 3.51. The van der Waals surface area contributed by atoms with Crippen LogP contribution in [-0.4, -0.2) is 62.6 Å². The van der Waals surface area contributed by atoms with E-state index in [1.165, 1.54) is 0 Å². The van der Waals surface area contributed by atoms with E-state index < -0.39 is 17.5 Å². The fourth-order valence-corrected chi connectivity index (χ4v) is 6.01. The van der Waals surface area contributed by atoms with Crippen LogP contribution in [0.1, 0.15) is 18.5 Å². The van der Waals surface area contributed by atoms with Gasteiger partial charge >= 0.3 is 0 Å². The standard InChI is InChI=1S/C25H28F3N7S/c1-15(29)21-5-4-16(12-30-21)24-31-32-25(33(24)2)36-9-3-7-34-13-17-6-8-35(22(17)14-34)23-19(27)10-18(26)11-20(23)28/h4-5,10-12,17,22H,1,3,6-9,13-14,29H2,2H3/t17-,22+/m0/s1. The molecule has 0 aliphatic carbocycles. The van der Waals surface area contributed by atoms with Gasteiger partial charge in [0.1, 0.15) is 11.5 Å². The summed E-state index contributed by atoms with van der Waals surface area (Å²) in [5, 5.41) is 9.45. The zero-order chi connectivity index (χ0) is 25.4. The number of nitrogens with two attached hydrogens (primary N) is 1. The van der Waals surface area contributed by atoms with Gasteiger partial charge in [0.25, 0.3) is 0 Å². The summed E-state index contributed by atoms with van der Waals surface area (Å²) in [7, 11) is 1.93. The van der Waals surface area contributed by atoms with Crippen LogP contribution in [0.3, 0.4) is 0 Å². The highest BCUT2D eigenvalue weighted by Gasteiger charge is 2.42. The molecule has 2 saturated heterocycles. The minimum absolute atomic E-state index is 0.0462. The van der Waals surface area contributed by atoms with Gasteiger partial charge in [-0.3, -0.25) is 4.98 Å². The number of likely N-dealkylation sites (tertiary alicyclic amines) is 1. The van der Waals surface area contributed by atoms with Crippen LogP contribution in [-0.2, 0) is 7.05 Å². The number of fused-ring (bicyclic) bond motifs is 1. The van der Waals surface area contributed by atoms with Gasteiger partial charge in [0.15, 0.2) is 22.6 Å². The van der Waals surface area contributed by atoms with Gasteiger partial charge in [-0.25, -0.2) is 13.2 Å². The molecule has 7 nitrogen and oxygen atoms in total. The molecule has 0 bridgehead atoms. The molecule has 0 amide bonds. The third-order valence-corrected chi connectivity index (χ3v) is 8.03. The third-order valence-electron chi connectivity index (χ3n) is 6.93. The molecule has 11 heteroatoms. The Kier molecular flexibility index (Phi) is 6.94. The van der Waals surface area contributed by atoms with E-state index in [0.717, 1.165) is 66.9 Å². The number of nitrogens with zero attached hydrogens (tertiary/aromatic N) is 6. The van der Waals surface area contributed by atoms with Crippen LogP contribution >= 0.6 is 11.8 Å². The van der Waals surface area contributed by atoms with Crippen LogP contribution < -0.4 is 10.6 Å². The van der Waals surface area contributed by atoms with Crippen molar-refractivity contribution in [3.63, 3.8) is 0 Å². The maximum atomic E-state index is 14.4. The van der Waals surface area contributed by atoms with Gasteiger partial charge in [-0.05, 0) is 37.4 Å². The van der Waals surface area contributed by atoms with Gasteiger partial charge in [0.05, 0.1) is 11.4 Å². The molecule has 5 rings (SSSR count). The first-order chi connectivity index (χ1) is 17.3. The van der Waals surface area contributed by atoms with E-state index in [1.54, 1.807) is 22.9 Å². The second kappa shape index (κ2) is 10.1. The van der Waals surface area contributed by atoms with E-state index in [0.29, 0.717) is 23.9 Å². The molecule has 2 aromatic heterocycles. The highest BCUT2D eigenvalue weighted by atomic mass is 32.2. The van der Waals surface area contributed by atoms with Crippen molar-refractivity contribution in [2.24, 2.45) is 18.7 Å². The fourth-order valence-electron chi connectivity index (χ4n) is 5.18. The molecule has 0 radical (unpaired) electrons. The van der Waals surface area contributed by atoms with Crippen molar-refractivity contribution in [3.05, 3.63) is 60.2 Å². The minimum atomic E-state index is -0.891. The van der Waals surface area contributed by atoms with E-state index in [9.17, 15) is 13.2 Å². The Labute approximate surface area is 212 Å². The maximum Gasteiger partial charge on any atom is 0.191 e. The Morgan fingerprint density at radius 3 is 2.64 bits per heavy atom.